The Labute approximate surface area is 188 Å². The minimum Gasteiger partial charge on any atom is -0.441 e. The maximum absolute atomic E-state index is 13.1. The Hall–Kier alpha value is -2.97. The van der Waals surface area contributed by atoms with E-state index in [2.05, 4.69) is 10.3 Å². The second-order valence-electron chi connectivity index (χ2n) is 7.83. The summed E-state index contributed by atoms with van der Waals surface area (Å²) >= 11 is 0. The standard InChI is InChI=1S/C24H27N3O4S/c28-23(13-14-24-26-18-21(31-24)19-9-3-1-4-10-19)25-17-20-11-5-6-12-22(20)32(29,30)27-15-7-2-8-16-27/h1,3-6,9-12,18H,2,7-8,13-17H2,(H,25,28). The van der Waals surface area contributed by atoms with Gasteiger partial charge in [0.05, 0.1) is 11.1 Å². The first-order valence-corrected chi connectivity index (χ1v) is 12.3. The van der Waals surface area contributed by atoms with Crippen molar-refractivity contribution in [3.05, 3.63) is 72.2 Å². The average Bonchev–Trinajstić information content (AvgIpc) is 3.32. The highest BCUT2D eigenvalue weighted by molar-refractivity contribution is 7.89. The maximum atomic E-state index is 13.1. The molecule has 1 N–H and O–H groups in total. The lowest BCUT2D eigenvalue weighted by molar-refractivity contribution is -0.121. The van der Waals surface area contributed by atoms with Crippen LogP contribution in [0, 0.1) is 0 Å². The summed E-state index contributed by atoms with van der Waals surface area (Å²) in [5, 5.41) is 2.83. The molecule has 7 nitrogen and oxygen atoms in total. The largest absolute Gasteiger partial charge is 0.441 e. The summed E-state index contributed by atoms with van der Waals surface area (Å²) in [5.74, 6) is 0.972. The van der Waals surface area contributed by atoms with Crippen LogP contribution >= 0.6 is 0 Å². The van der Waals surface area contributed by atoms with E-state index in [0.29, 0.717) is 36.7 Å². The summed E-state index contributed by atoms with van der Waals surface area (Å²) < 4.78 is 33.4. The van der Waals surface area contributed by atoms with Crippen LogP contribution < -0.4 is 5.32 Å². The molecule has 1 amide bonds. The molecule has 1 fully saturated rings. The van der Waals surface area contributed by atoms with Crippen molar-refractivity contribution < 1.29 is 17.6 Å². The van der Waals surface area contributed by atoms with E-state index >= 15 is 0 Å². The van der Waals surface area contributed by atoms with E-state index in [9.17, 15) is 13.2 Å². The van der Waals surface area contributed by atoms with Crippen molar-refractivity contribution in [3.63, 3.8) is 0 Å². The lowest BCUT2D eigenvalue weighted by atomic mass is 10.2. The second-order valence-corrected chi connectivity index (χ2v) is 9.74. The molecular weight excluding hydrogens is 426 g/mol. The number of carbonyl (C=O) groups is 1. The van der Waals surface area contributed by atoms with Crippen LogP contribution in [0.15, 0.2) is 70.1 Å². The molecule has 8 heteroatoms. The van der Waals surface area contributed by atoms with E-state index in [4.69, 9.17) is 4.42 Å². The van der Waals surface area contributed by atoms with Crippen molar-refractivity contribution in [1.82, 2.24) is 14.6 Å². The highest BCUT2D eigenvalue weighted by Crippen LogP contribution is 2.24. The van der Waals surface area contributed by atoms with Gasteiger partial charge in [0, 0.05) is 38.0 Å². The Balaban J connectivity index is 1.34. The third-order valence-corrected chi connectivity index (χ3v) is 7.56. The molecule has 2 heterocycles. The monoisotopic (exact) mass is 453 g/mol. The number of rotatable bonds is 8. The molecule has 1 aliphatic rings. The predicted octanol–water partition coefficient (Wildman–Crippen LogP) is 3.77. The van der Waals surface area contributed by atoms with Gasteiger partial charge in [-0.15, -0.1) is 0 Å². The van der Waals surface area contributed by atoms with Crippen molar-refractivity contribution in [3.8, 4) is 11.3 Å². The molecule has 32 heavy (non-hydrogen) atoms. The first kappa shape index (κ1) is 22.2. The van der Waals surface area contributed by atoms with Gasteiger partial charge in [-0.1, -0.05) is 55.0 Å². The number of oxazole rings is 1. The molecule has 0 unspecified atom stereocenters. The molecule has 0 atom stereocenters. The van der Waals surface area contributed by atoms with Gasteiger partial charge in [-0.25, -0.2) is 13.4 Å². The van der Waals surface area contributed by atoms with Gasteiger partial charge in [0.25, 0.3) is 0 Å². The van der Waals surface area contributed by atoms with Crippen molar-refractivity contribution in [2.24, 2.45) is 0 Å². The number of aryl methyl sites for hydroxylation is 1. The van der Waals surface area contributed by atoms with Gasteiger partial charge in [-0.2, -0.15) is 4.31 Å². The molecule has 1 aromatic heterocycles. The van der Waals surface area contributed by atoms with Crippen LogP contribution in [0.4, 0.5) is 0 Å². The van der Waals surface area contributed by atoms with Gasteiger partial charge < -0.3 is 9.73 Å². The van der Waals surface area contributed by atoms with Gasteiger partial charge >= 0.3 is 0 Å². The van der Waals surface area contributed by atoms with E-state index in [1.54, 1.807) is 34.8 Å². The number of nitrogens with one attached hydrogen (secondary N) is 1. The molecule has 0 saturated carbocycles. The highest BCUT2D eigenvalue weighted by Gasteiger charge is 2.27. The Bertz CT molecular complexity index is 1150. The van der Waals surface area contributed by atoms with E-state index in [-0.39, 0.29) is 23.8 Å². The fourth-order valence-corrected chi connectivity index (χ4v) is 5.55. The zero-order valence-electron chi connectivity index (χ0n) is 17.9. The van der Waals surface area contributed by atoms with E-state index < -0.39 is 10.0 Å². The van der Waals surface area contributed by atoms with Crippen LogP contribution in [0.25, 0.3) is 11.3 Å². The molecular formula is C24H27N3O4S. The Morgan fingerprint density at radius 1 is 1.00 bits per heavy atom. The minimum atomic E-state index is -3.56. The molecule has 3 aromatic rings. The normalized spacial score (nSPS) is 14.9. The zero-order valence-corrected chi connectivity index (χ0v) is 18.7. The average molecular weight is 454 g/mol. The molecule has 0 radical (unpaired) electrons. The highest BCUT2D eigenvalue weighted by atomic mass is 32.2. The van der Waals surface area contributed by atoms with Crippen LogP contribution in [-0.2, 0) is 27.8 Å². The summed E-state index contributed by atoms with van der Waals surface area (Å²) in [6.45, 7) is 1.25. The van der Waals surface area contributed by atoms with E-state index in [0.717, 1.165) is 24.8 Å². The van der Waals surface area contributed by atoms with Crippen molar-refractivity contribution in [2.45, 2.75) is 43.5 Å². The SMILES string of the molecule is O=C(CCc1ncc(-c2ccccc2)o1)NCc1ccccc1S(=O)(=O)N1CCCCC1. The Morgan fingerprint density at radius 3 is 2.50 bits per heavy atom. The lowest BCUT2D eigenvalue weighted by Crippen LogP contribution is -2.36. The second kappa shape index (κ2) is 10.1. The van der Waals surface area contributed by atoms with Crippen LogP contribution in [0.3, 0.4) is 0 Å². The molecule has 4 rings (SSSR count). The number of piperidine rings is 1. The third kappa shape index (κ3) is 5.26. The summed E-state index contributed by atoms with van der Waals surface area (Å²) in [6, 6.07) is 16.5. The van der Waals surface area contributed by atoms with Gasteiger partial charge in [0.2, 0.25) is 15.9 Å². The number of hydrogen-bond donors (Lipinski definition) is 1. The van der Waals surface area contributed by atoms with Gasteiger partial charge in [0.1, 0.15) is 0 Å². The first-order chi connectivity index (χ1) is 15.5. The number of nitrogens with zero attached hydrogens (tertiary/aromatic N) is 2. The maximum Gasteiger partial charge on any atom is 0.243 e. The Kier molecular flexibility index (Phi) is 7.02. The Morgan fingerprint density at radius 2 is 1.72 bits per heavy atom. The van der Waals surface area contributed by atoms with Crippen molar-refractivity contribution >= 4 is 15.9 Å². The topological polar surface area (TPSA) is 92.5 Å². The van der Waals surface area contributed by atoms with Crippen molar-refractivity contribution in [1.29, 1.82) is 0 Å². The number of carbonyl (C=O) groups excluding carboxylic acids is 1. The summed E-state index contributed by atoms with van der Waals surface area (Å²) in [6.07, 6.45) is 5.05. The molecule has 0 spiro atoms. The summed E-state index contributed by atoms with van der Waals surface area (Å²) in [7, 11) is -3.56. The molecule has 2 aromatic carbocycles. The van der Waals surface area contributed by atoms with Crippen LogP contribution in [-0.4, -0.2) is 36.7 Å². The lowest BCUT2D eigenvalue weighted by Gasteiger charge is -2.26. The molecule has 0 bridgehead atoms. The zero-order chi connectivity index (χ0) is 22.4. The van der Waals surface area contributed by atoms with Crippen molar-refractivity contribution in [2.75, 3.05) is 13.1 Å². The smallest absolute Gasteiger partial charge is 0.243 e. The summed E-state index contributed by atoms with van der Waals surface area (Å²) in [5.41, 5.74) is 1.52. The van der Waals surface area contributed by atoms with Crippen LogP contribution in [0.5, 0.6) is 0 Å². The van der Waals surface area contributed by atoms with Gasteiger partial charge in [-0.05, 0) is 24.5 Å². The van der Waals surface area contributed by atoms with Gasteiger partial charge in [-0.3, -0.25) is 4.79 Å². The minimum absolute atomic E-state index is 0.156. The molecule has 1 saturated heterocycles. The molecule has 0 aliphatic carbocycles. The van der Waals surface area contributed by atoms with Crippen LogP contribution in [0.1, 0.15) is 37.1 Å². The first-order valence-electron chi connectivity index (χ1n) is 10.9. The molecule has 168 valence electrons. The predicted molar refractivity (Wildman–Crippen MR) is 121 cm³/mol. The molecule has 1 aliphatic heterocycles. The number of hydrogen-bond acceptors (Lipinski definition) is 5. The quantitative estimate of drug-likeness (QED) is 0.561. The number of aromatic nitrogens is 1. The van der Waals surface area contributed by atoms with Gasteiger partial charge in [0.15, 0.2) is 11.7 Å². The number of amides is 1. The van der Waals surface area contributed by atoms with Crippen LogP contribution in [0.2, 0.25) is 0 Å². The number of sulfonamides is 1. The fourth-order valence-electron chi connectivity index (χ4n) is 3.81. The summed E-state index contributed by atoms with van der Waals surface area (Å²) in [4.78, 5) is 16.9. The third-order valence-electron chi connectivity index (χ3n) is 5.56. The number of benzene rings is 2. The van der Waals surface area contributed by atoms with E-state index in [1.807, 2.05) is 30.3 Å². The van der Waals surface area contributed by atoms with E-state index in [1.165, 1.54) is 0 Å². The fraction of sp³-hybridized carbons (Fsp3) is 0.333.